The number of aliphatic hydroxyl groups is 1. The molecule has 5 aliphatic rings. The molecule has 3 saturated carbocycles. The summed E-state index contributed by atoms with van der Waals surface area (Å²) >= 11 is 0. The summed E-state index contributed by atoms with van der Waals surface area (Å²) in [6.45, 7) is 7.53. The average molecular weight is 404 g/mol. The molecule has 158 valence electrons. The fraction of sp³-hybridized carbons (Fsp3) is 0.739. The Kier molecular flexibility index (Phi) is 3.82. The minimum atomic E-state index is -1.24. The topological polar surface area (TPSA) is 72.8 Å². The second-order valence-electron chi connectivity index (χ2n) is 10.6. The summed E-state index contributed by atoms with van der Waals surface area (Å²) in [5.41, 5.74) is -2.00. The predicted octanol–water partition coefficient (Wildman–Crippen LogP) is 2.91. The number of aliphatic hydroxyl groups excluding tert-OH is 1. The van der Waals surface area contributed by atoms with Gasteiger partial charge in [0.05, 0.1) is 12.2 Å². The lowest BCUT2D eigenvalue weighted by atomic mass is 9.46. The fourth-order valence-electron chi connectivity index (χ4n) is 7.67. The van der Waals surface area contributed by atoms with E-state index in [1.807, 2.05) is 13.8 Å². The molecule has 4 aliphatic carbocycles. The van der Waals surface area contributed by atoms with Crippen LogP contribution in [0.4, 0.5) is 4.39 Å². The molecule has 1 heterocycles. The van der Waals surface area contributed by atoms with Crippen molar-refractivity contribution in [1.29, 1.82) is 0 Å². The maximum atomic E-state index is 15.3. The summed E-state index contributed by atoms with van der Waals surface area (Å²) in [7, 11) is 0. The lowest BCUT2D eigenvalue weighted by Crippen LogP contribution is -2.62. The highest BCUT2D eigenvalue weighted by Crippen LogP contribution is 2.69. The highest BCUT2D eigenvalue weighted by Gasteiger charge is 2.75. The van der Waals surface area contributed by atoms with E-state index in [9.17, 15) is 14.7 Å². The fourth-order valence-corrected chi connectivity index (χ4v) is 7.67. The first-order chi connectivity index (χ1) is 13.5. The molecule has 0 aromatic rings. The van der Waals surface area contributed by atoms with Crippen LogP contribution in [0.5, 0.6) is 0 Å². The molecule has 5 nitrogen and oxygen atoms in total. The number of halogens is 1. The molecule has 1 saturated heterocycles. The average Bonchev–Trinajstić information content (AvgIpc) is 3.02. The number of hydrogen-bond donors (Lipinski definition) is 1. The molecule has 9 atom stereocenters. The third-order valence-electron chi connectivity index (χ3n) is 8.72. The van der Waals surface area contributed by atoms with Crippen LogP contribution >= 0.6 is 0 Å². The van der Waals surface area contributed by atoms with Crippen molar-refractivity contribution >= 4 is 12.1 Å². The molecular formula is C23H29FO5. The largest absolute Gasteiger partial charge is 0.393 e. The Morgan fingerprint density at radius 3 is 2.66 bits per heavy atom. The molecule has 5 rings (SSSR count). The number of ether oxygens (including phenoxy) is 2. The van der Waals surface area contributed by atoms with Gasteiger partial charge in [0, 0.05) is 16.7 Å². The number of ketones is 1. The van der Waals surface area contributed by atoms with Crippen molar-refractivity contribution in [2.75, 3.05) is 0 Å². The molecule has 0 aromatic carbocycles. The first-order valence-corrected chi connectivity index (χ1v) is 10.6. The minimum Gasteiger partial charge on any atom is -0.393 e. The normalized spacial score (nSPS) is 54.8. The van der Waals surface area contributed by atoms with Crippen LogP contribution in [0.15, 0.2) is 23.8 Å². The van der Waals surface area contributed by atoms with Crippen LogP contribution < -0.4 is 0 Å². The van der Waals surface area contributed by atoms with Gasteiger partial charge >= 0.3 is 0 Å². The Morgan fingerprint density at radius 2 is 1.97 bits per heavy atom. The van der Waals surface area contributed by atoms with Gasteiger partial charge in [0.1, 0.15) is 6.17 Å². The zero-order chi connectivity index (χ0) is 21.0. The monoisotopic (exact) mass is 404 g/mol. The molecule has 6 unspecified atom stereocenters. The van der Waals surface area contributed by atoms with E-state index in [2.05, 4.69) is 0 Å². The highest BCUT2D eigenvalue weighted by molar-refractivity contribution is 6.01. The van der Waals surface area contributed by atoms with E-state index in [4.69, 9.17) is 9.47 Å². The van der Waals surface area contributed by atoms with E-state index in [0.29, 0.717) is 18.4 Å². The van der Waals surface area contributed by atoms with Gasteiger partial charge < -0.3 is 14.6 Å². The number of allylic oxidation sites excluding steroid dienone is 4. The van der Waals surface area contributed by atoms with Gasteiger partial charge in [-0.1, -0.05) is 19.9 Å². The lowest BCUT2D eigenvalue weighted by molar-refractivity contribution is -0.221. The molecule has 6 heteroatoms. The van der Waals surface area contributed by atoms with Crippen molar-refractivity contribution in [3.8, 4) is 0 Å². The van der Waals surface area contributed by atoms with E-state index >= 15 is 4.39 Å². The molecule has 0 radical (unpaired) electrons. The van der Waals surface area contributed by atoms with Crippen LogP contribution in [-0.2, 0) is 19.1 Å². The van der Waals surface area contributed by atoms with Gasteiger partial charge in [0.2, 0.25) is 0 Å². The van der Waals surface area contributed by atoms with Gasteiger partial charge in [-0.15, -0.1) is 0 Å². The number of alkyl halides is 1. The maximum Gasteiger partial charge on any atom is 0.178 e. The van der Waals surface area contributed by atoms with E-state index in [-0.39, 0.29) is 30.0 Å². The van der Waals surface area contributed by atoms with Crippen LogP contribution in [-0.4, -0.2) is 46.9 Å². The summed E-state index contributed by atoms with van der Waals surface area (Å²) in [6, 6.07) is 0. The van der Waals surface area contributed by atoms with Crippen LogP contribution in [0.25, 0.3) is 0 Å². The zero-order valence-electron chi connectivity index (χ0n) is 17.4. The van der Waals surface area contributed by atoms with Crippen molar-refractivity contribution < 1.29 is 28.6 Å². The van der Waals surface area contributed by atoms with Gasteiger partial charge in [-0.05, 0) is 62.7 Å². The number of hydrogen-bond acceptors (Lipinski definition) is 5. The Hall–Kier alpha value is -1.37. The number of rotatable bonds is 1. The maximum absolute atomic E-state index is 15.3. The van der Waals surface area contributed by atoms with Crippen molar-refractivity contribution in [2.45, 2.75) is 76.7 Å². The van der Waals surface area contributed by atoms with Gasteiger partial charge in [-0.2, -0.15) is 0 Å². The van der Waals surface area contributed by atoms with Crippen molar-refractivity contribution in [3.63, 3.8) is 0 Å². The van der Waals surface area contributed by atoms with Crippen molar-refractivity contribution in [1.82, 2.24) is 0 Å². The number of aldehydes is 1. The summed E-state index contributed by atoms with van der Waals surface area (Å²) in [5, 5.41) is 11.4. The summed E-state index contributed by atoms with van der Waals surface area (Å²) < 4.78 is 27.7. The second-order valence-corrected chi connectivity index (χ2v) is 10.6. The van der Waals surface area contributed by atoms with Crippen LogP contribution in [0.2, 0.25) is 0 Å². The molecule has 1 aliphatic heterocycles. The summed E-state index contributed by atoms with van der Waals surface area (Å²) in [6.07, 6.45) is 4.40. The van der Waals surface area contributed by atoms with E-state index in [1.54, 1.807) is 19.9 Å². The van der Waals surface area contributed by atoms with Gasteiger partial charge in [0.15, 0.2) is 23.5 Å². The quantitative estimate of drug-likeness (QED) is 0.681. The van der Waals surface area contributed by atoms with E-state index in [1.165, 1.54) is 12.2 Å². The van der Waals surface area contributed by atoms with E-state index in [0.717, 1.165) is 6.29 Å². The minimum absolute atomic E-state index is 0.00940. The Morgan fingerprint density at radius 1 is 1.24 bits per heavy atom. The first-order valence-electron chi connectivity index (χ1n) is 10.6. The van der Waals surface area contributed by atoms with Crippen molar-refractivity contribution in [3.05, 3.63) is 23.8 Å². The molecule has 1 N–H and O–H groups in total. The Labute approximate surface area is 170 Å². The highest BCUT2D eigenvalue weighted by atomic mass is 19.1. The van der Waals surface area contributed by atoms with Crippen molar-refractivity contribution in [2.24, 2.45) is 28.6 Å². The summed E-state index contributed by atoms with van der Waals surface area (Å²) in [4.78, 5) is 24.3. The van der Waals surface area contributed by atoms with E-state index < -0.39 is 40.6 Å². The van der Waals surface area contributed by atoms with Gasteiger partial charge in [-0.25, -0.2) is 4.39 Å². The second kappa shape index (κ2) is 5.65. The molecule has 29 heavy (non-hydrogen) atoms. The van der Waals surface area contributed by atoms with Crippen LogP contribution in [0, 0.1) is 28.6 Å². The lowest BCUT2D eigenvalue weighted by Gasteiger charge is -2.60. The van der Waals surface area contributed by atoms with Gasteiger partial charge in [0.25, 0.3) is 0 Å². The Bertz CT molecular complexity index is 848. The number of fused-ring (bicyclic) bond motifs is 7. The molecule has 4 fully saturated rings. The molecule has 0 aromatic heterocycles. The predicted molar refractivity (Wildman–Crippen MR) is 102 cm³/mol. The molecule has 0 bridgehead atoms. The first kappa shape index (κ1) is 19.6. The van der Waals surface area contributed by atoms with Crippen LogP contribution in [0.1, 0.15) is 47.0 Å². The molecular weight excluding hydrogens is 375 g/mol. The molecule has 0 spiro atoms. The summed E-state index contributed by atoms with van der Waals surface area (Å²) in [5.74, 6) is -1.42. The SMILES string of the molecule is CC1(C)O[C@@H]2CC3C4C[C@H](F)C5=CC(=O)C=CC5(C)C4C(O)CC3(C)[C@]2(C=O)O1. The third kappa shape index (κ3) is 2.26. The van der Waals surface area contributed by atoms with Gasteiger partial charge in [-0.3, -0.25) is 9.59 Å². The number of carbonyl (C=O) groups is 2. The molecule has 0 amide bonds. The smallest absolute Gasteiger partial charge is 0.178 e. The number of carbonyl (C=O) groups excluding carboxylic acids is 2. The van der Waals surface area contributed by atoms with Crippen LogP contribution in [0.3, 0.4) is 0 Å². The standard InChI is InChI=1S/C23H29FO5/c1-20(2)28-18-9-14-13-8-16(24)15-7-12(26)5-6-21(15,3)19(13)17(27)10-22(14,4)23(18,11-25)29-20/h5-7,11,13-14,16-19,27H,8-10H2,1-4H3/t13?,14?,16-,17?,18+,19?,21?,22?,23+/m0/s1. The zero-order valence-corrected chi connectivity index (χ0v) is 17.4. The Balaban J connectivity index is 1.60. The third-order valence-corrected chi connectivity index (χ3v) is 8.72.